The molecular weight excluding hydrogens is 374 g/mol. The molecule has 0 aliphatic carbocycles. The van der Waals surface area contributed by atoms with Gasteiger partial charge in [0.2, 0.25) is 5.89 Å². The lowest BCUT2D eigenvalue weighted by molar-refractivity contribution is -0.142. The Hall–Kier alpha value is -2.23. The summed E-state index contributed by atoms with van der Waals surface area (Å²) in [6.45, 7) is 8.89. The van der Waals surface area contributed by atoms with Crippen molar-refractivity contribution in [1.29, 1.82) is 0 Å². The van der Waals surface area contributed by atoms with E-state index in [2.05, 4.69) is 23.7 Å². The summed E-state index contributed by atoms with van der Waals surface area (Å²) in [6.07, 6.45) is 0.678. The molecule has 0 fully saturated rings. The van der Waals surface area contributed by atoms with Gasteiger partial charge in [-0.25, -0.2) is 4.98 Å². The van der Waals surface area contributed by atoms with Gasteiger partial charge in [-0.05, 0) is 39.8 Å². The number of oxazole rings is 1. The maximum Gasteiger partial charge on any atom is 0.318 e. The number of hydrogen-bond donors (Lipinski definition) is 0. The van der Waals surface area contributed by atoms with Crippen molar-refractivity contribution in [2.24, 2.45) is 0 Å². The molecule has 150 valence electrons. The summed E-state index contributed by atoms with van der Waals surface area (Å²) in [5.41, 5.74) is 3.08. The molecule has 0 aliphatic rings. The zero-order chi connectivity index (χ0) is 20.4. The van der Waals surface area contributed by atoms with Crippen molar-refractivity contribution in [2.45, 2.75) is 39.4 Å². The SMILES string of the molecule is CCOC(=O)C(C)SCC#CCOCCc1nc(-c2ccc(C)cc2)oc1C. The van der Waals surface area contributed by atoms with Gasteiger partial charge < -0.3 is 13.9 Å². The molecular formula is C22H27NO4S. The Balaban J connectivity index is 1.69. The van der Waals surface area contributed by atoms with Gasteiger partial charge in [0.25, 0.3) is 0 Å². The Kier molecular flexibility index (Phi) is 9.12. The minimum Gasteiger partial charge on any atom is -0.465 e. The number of rotatable bonds is 9. The molecule has 0 radical (unpaired) electrons. The van der Waals surface area contributed by atoms with E-state index in [0.717, 1.165) is 17.0 Å². The number of aryl methyl sites for hydroxylation is 2. The molecule has 1 atom stereocenters. The van der Waals surface area contributed by atoms with Crippen LogP contribution in [0.5, 0.6) is 0 Å². The highest BCUT2D eigenvalue weighted by molar-refractivity contribution is 8.00. The van der Waals surface area contributed by atoms with Gasteiger partial charge in [-0.2, -0.15) is 0 Å². The summed E-state index contributed by atoms with van der Waals surface area (Å²) < 4.78 is 16.3. The van der Waals surface area contributed by atoms with E-state index in [1.807, 2.05) is 38.1 Å². The first-order valence-corrected chi connectivity index (χ1v) is 10.4. The van der Waals surface area contributed by atoms with E-state index in [1.165, 1.54) is 17.3 Å². The van der Waals surface area contributed by atoms with Crippen LogP contribution in [-0.2, 0) is 20.7 Å². The van der Waals surface area contributed by atoms with Gasteiger partial charge in [0.15, 0.2) is 0 Å². The van der Waals surface area contributed by atoms with E-state index < -0.39 is 0 Å². The van der Waals surface area contributed by atoms with E-state index in [4.69, 9.17) is 13.9 Å². The minimum atomic E-state index is -0.201. The van der Waals surface area contributed by atoms with E-state index in [0.29, 0.717) is 37.9 Å². The molecule has 0 N–H and O–H groups in total. The molecule has 1 unspecified atom stereocenters. The van der Waals surface area contributed by atoms with Gasteiger partial charge >= 0.3 is 5.97 Å². The standard InChI is InChI=1S/C22H27NO4S/c1-5-26-22(24)18(4)28-15-7-6-13-25-14-12-20-17(3)27-21(23-20)19-10-8-16(2)9-11-19/h8-11,18H,5,12-15H2,1-4H3. The van der Waals surface area contributed by atoms with Crippen LogP contribution in [-0.4, -0.2) is 41.8 Å². The molecule has 1 heterocycles. The molecule has 6 heteroatoms. The predicted octanol–water partition coefficient (Wildman–Crippen LogP) is 4.21. The van der Waals surface area contributed by atoms with Crippen LogP contribution in [0, 0.1) is 25.7 Å². The number of carbonyl (C=O) groups excluding carboxylic acids is 1. The van der Waals surface area contributed by atoms with Gasteiger partial charge in [0.05, 0.1) is 24.7 Å². The minimum absolute atomic E-state index is 0.196. The average molecular weight is 402 g/mol. The molecule has 0 saturated carbocycles. The highest BCUT2D eigenvalue weighted by Gasteiger charge is 2.13. The van der Waals surface area contributed by atoms with Gasteiger partial charge in [0, 0.05) is 12.0 Å². The monoisotopic (exact) mass is 401 g/mol. The molecule has 5 nitrogen and oxygen atoms in total. The highest BCUT2D eigenvalue weighted by Crippen LogP contribution is 2.22. The summed E-state index contributed by atoms with van der Waals surface area (Å²) >= 11 is 1.46. The van der Waals surface area contributed by atoms with Gasteiger partial charge in [0.1, 0.15) is 17.6 Å². The number of thioether (sulfide) groups is 1. The second-order valence-corrected chi connectivity index (χ2v) is 7.58. The van der Waals surface area contributed by atoms with Crippen LogP contribution in [0.4, 0.5) is 0 Å². The third kappa shape index (κ3) is 7.06. The summed E-state index contributed by atoms with van der Waals surface area (Å²) in [6, 6.07) is 8.11. The van der Waals surface area contributed by atoms with Gasteiger partial charge in [-0.1, -0.05) is 29.5 Å². The van der Waals surface area contributed by atoms with E-state index in [1.54, 1.807) is 6.92 Å². The molecule has 1 aromatic carbocycles. The first kappa shape index (κ1) is 22.1. The van der Waals surface area contributed by atoms with Crippen molar-refractivity contribution in [1.82, 2.24) is 4.98 Å². The van der Waals surface area contributed by atoms with Crippen LogP contribution in [0.3, 0.4) is 0 Å². The number of carbonyl (C=O) groups is 1. The maximum absolute atomic E-state index is 11.5. The molecule has 0 saturated heterocycles. The predicted molar refractivity (Wildman–Crippen MR) is 112 cm³/mol. The van der Waals surface area contributed by atoms with Crippen molar-refractivity contribution < 1.29 is 18.7 Å². The lowest BCUT2D eigenvalue weighted by Crippen LogP contribution is -2.16. The fraction of sp³-hybridized carbons (Fsp3) is 0.455. The quantitative estimate of drug-likeness (QED) is 0.356. The second kappa shape index (κ2) is 11.6. The van der Waals surface area contributed by atoms with Crippen LogP contribution in [0.15, 0.2) is 28.7 Å². The van der Waals surface area contributed by atoms with E-state index in [9.17, 15) is 4.79 Å². The number of aromatic nitrogens is 1. The van der Waals surface area contributed by atoms with E-state index in [-0.39, 0.29) is 11.2 Å². The number of esters is 1. The van der Waals surface area contributed by atoms with Crippen molar-refractivity contribution in [3.8, 4) is 23.3 Å². The number of benzene rings is 1. The van der Waals surface area contributed by atoms with Crippen LogP contribution in [0.25, 0.3) is 11.5 Å². The summed E-state index contributed by atoms with van der Waals surface area (Å²) in [5, 5.41) is -0.201. The maximum atomic E-state index is 11.5. The lowest BCUT2D eigenvalue weighted by atomic mass is 10.1. The molecule has 0 aliphatic heterocycles. The first-order chi connectivity index (χ1) is 13.5. The largest absolute Gasteiger partial charge is 0.465 e. The normalized spacial score (nSPS) is 11.6. The Bertz CT molecular complexity index is 817. The first-order valence-electron chi connectivity index (χ1n) is 9.36. The van der Waals surface area contributed by atoms with Crippen LogP contribution in [0.2, 0.25) is 0 Å². The zero-order valence-corrected chi connectivity index (χ0v) is 17.7. The third-order valence-corrected chi connectivity index (χ3v) is 5.00. The van der Waals surface area contributed by atoms with Gasteiger partial charge in [-0.3, -0.25) is 4.79 Å². The molecule has 2 aromatic rings. The topological polar surface area (TPSA) is 61.6 Å². The summed E-state index contributed by atoms with van der Waals surface area (Å²) in [4.78, 5) is 16.1. The molecule has 0 spiro atoms. The third-order valence-electron chi connectivity index (χ3n) is 4.00. The highest BCUT2D eigenvalue weighted by atomic mass is 32.2. The average Bonchev–Trinajstić information content (AvgIpc) is 3.05. The number of hydrogen-bond acceptors (Lipinski definition) is 6. The molecule has 0 bridgehead atoms. The van der Waals surface area contributed by atoms with Crippen LogP contribution >= 0.6 is 11.8 Å². The van der Waals surface area contributed by atoms with Crippen molar-refractivity contribution in [3.63, 3.8) is 0 Å². The smallest absolute Gasteiger partial charge is 0.318 e. The lowest BCUT2D eigenvalue weighted by Gasteiger charge is -2.07. The Labute approximate surface area is 171 Å². The Morgan fingerprint density at radius 1 is 1.25 bits per heavy atom. The van der Waals surface area contributed by atoms with Crippen LogP contribution < -0.4 is 0 Å². The van der Waals surface area contributed by atoms with Crippen molar-refractivity contribution in [3.05, 3.63) is 41.3 Å². The molecule has 0 amide bonds. The molecule has 2 rings (SSSR count). The second-order valence-electron chi connectivity index (χ2n) is 6.25. The van der Waals surface area contributed by atoms with Crippen molar-refractivity contribution in [2.75, 3.05) is 25.6 Å². The Morgan fingerprint density at radius 3 is 2.71 bits per heavy atom. The molecule has 1 aromatic heterocycles. The zero-order valence-electron chi connectivity index (χ0n) is 16.9. The van der Waals surface area contributed by atoms with Crippen LogP contribution in [0.1, 0.15) is 30.9 Å². The number of ether oxygens (including phenoxy) is 2. The van der Waals surface area contributed by atoms with Gasteiger partial charge in [-0.15, -0.1) is 11.8 Å². The van der Waals surface area contributed by atoms with Crippen molar-refractivity contribution >= 4 is 17.7 Å². The Morgan fingerprint density at radius 2 is 2.00 bits per heavy atom. The summed E-state index contributed by atoms with van der Waals surface area (Å²) in [5.74, 6) is 7.79. The summed E-state index contributed by atoms with van der Waals surface area (Å²) in [7, 11) is 0. The fourth-order valence-electron chi connectivity index (χ4n) is 2.37. The number of nitrogens with zero attached hydrogens (tertiary/aromatic N) is 1. The molecule has 28 heavy (non-hydrogen) atoms. The fourth-order valence-corrected chi connectivity index (χ4v) is 3.01. The van der Waals surface area contributed by atoms with E-state index >= 15 is 0 Å².